The van der Waals surface area contributed by atoms with Gasteiger partial charge in [-0.25, -0.2) is 0 Å². The lowest BCUT2D eigenvalue weighted by molar-refractivity contribution is -0.137. The molecular formula is C24H34N4O2. The fourth-order valence-electron chi connectivity index (χ4n) is 3.27. The Morgan fingerprint density at radius 3 is 2.10 bits per heavy atom. The maximum atomic E-state index is 12.8. The van der Waals surface area contributed by atoms with Crippen LogP contribution in [0.2, 0.25) is 0 Å². The number of benzene rings is 2. The molecule has 6 nitrogen and oxygen atoms in total. The third kappa shape index (κ3) is 8.76. The molecule has 0 bridgehead atoms. The second-order valence-corrected chi connectivity index (χ2v) is 7.47. The van der Waals surface area contributed by atoms with Crippen molar-refractivity contribution < 1.29 is 9.59 Å². The van der Waals surface area contributed by atoms with Gasteiger partial charge in [-0.15, -0.1) is 0 Å². The van der Waals surface area contributed by atoms with Crippen molar-refractivity contribution in [3.8, 4) is 0 Å². The third-order valence-electron chi connectivity index (χ3n) is 5.00. The summed E-state index contributed by atoms with van der Waals surface area (Å²) in [6.45, 7) is 1.55. The lowest BCUT2D eigenvalue weighted by Crippen LogP contribution is -2.48. The smallest absolute Gasteiger partial charge is 0.239 e. The molecule has 0 aliphatic carbocycles. The van der Waals surface area contributed by atoms with Crippen LogP contribution in [0.25, 0.3) is 0 Å². The van der Waals surface area contributed by atoms with Gasteiger partial charge in [-0.1, -0.05) is 60.7 Å². The first-order valence-corrected chi connectivity index (χ1v) is 10.7. The van der Waals surface area contributed by atoms with Crippen LogP contribution in [0.15, 0.2) is 60.7 Å². The molecule has 0 fully saturated rings. The zero-order chi connectivity index (χ0) is 21.6. The average Bonchev–Trinajstić information content (AvgIpc) is 2.78. The highest BCUT2D eigenvalue weighted by atomic mass is 16.2. The highest BCUT2D eigenvalue weighted by Crippen LogP contribution is 2.06. The molecule has 1 unspecified atom stereocenters. The number of carbonyl (C=O) groups excluding carboxylic acids is 2. The maximum absolute atomic E-state index is 12.8. The van der Waals surface area contributed by atoms with E-state index in [2.05, 4.69) is 17.4 Å². The summed E-state index contributed by atoms with van der Waals surface area (Å²) in [6, 6.07) is 19.5. The summed E-state index contributed by atoms with van der Waals surface area (Å²) in [5.74, 6) is -0.352. The minimum absolute atomic E-state index is 0.0212. The lowest BCUT2D eigenvalue weighted by Gasteiger charge is -2.25. The van der Waals surface area contributed by atoms with E-state index < -0.39 is 6.04 Å². The maximum Gasteiger partial charge on any atom is 0.239 e. The van der Waals surface area contributed by atoms with E-state index in [4.69, 9.17) is 11.5 Å². The largest absolute Gasteiger partial charge is 0.355 e. The van der Waals surface area contributed by atoms with Gasteiger partial charge in [0.05, 0.1) is 12.6 Å². The van der Waals surface area contributed by atoms with Crippen LogP contribution in [0.4, 0.5) is 0 Å². The van der Waals surface area contributed by atoms with E-state index in [-0.39, 0.29) is 18.4 Å². The molecule has 0 aliphatic rings. The van der Waals surface area contributed by atoms with Crippen molar-refractivity contribution >= 4 is 11.8 Å². The Morgan fingerprint density at radius 1 is 0.900 bits per heavy atom. The second kappa shape index (κ2) is 13.5. The Morgan fingerprint density at radius 2 is 1.50 bits per heavy atom. The van der Waals surface area contributed by atoms with Crippen LogP contribution in [0.1, 0.15) is 30.4 Å². The lowest BCUT2D eigenvalue weighted by atomic mass is 10.1. The van der Waals surface area contributed by atoms with E-state index in [0.29, 0.717) is 38.9 Å². The fraction of sp³-hybridized carbons (Fsp3) is 0.417. The van der Waals surface area contributed by atoms with E-state index in [1.165, 1.54) is 5.56 Å². The SMILES string of the molecule is NCCCC(N)C(=O)N(CCc1ccccc1)CC(=O)NCCCc1ccccc1. The Balaban J connectivity index is 1.85. The summed E-state index contributed by atoms with van der Waals surface area (Å²) in [7, 11) is 0. The Bertz CT molecular complexity index is 752. The molecule has 2 aromatic carbocycles. The van der Waals surface area contributed by atoms with Gasteiger partial charge in [-0.3, -0.25) is 9.59 Å². The summed E-state index contributed by atoms with van der Waals surface area (Å²) < 4.78 is 0. The van der Waals surface area contributed by atoms with E-state index in [0.717, 1.165) is 18.4 Å². The molecule has 0 saturated heterocycles. The van der Waals surface area contributed by atoms with Gasteiger partial charge in [0.25, 0.3) is 0 Å². The molecule has 0 spiro atoms. The standard InChI is InChI=1S/C24H34N4O2/c25-16-7-14-22(26)24(30)28(18-15-21-11-5-2-6-12-21)19-23(29)27-17-8-13-20-9-3-1-4-10-20/h1-6,9-12,22H,7-8,13-19,25-26H2,(H,27,29). The number of nitrogens with one attached hydrogen (secondary N) is 1. The molecular weight excluding hydrogens is 376 g/mol. The van der Waals surface area contributed by atoms with Crippen molar-refractivity contribution in [3.63, 3.8) is 0 Å². The molecule has 0 heterocycles. The number of amides is 2. The highest BCUT2D eigenvalue weighted by Gasteiger charge is 2.22. The first-order chi connectivity index (χ1) is 14.6. The average molecular weight is 411 g/mol. The summed E-state index contributed by atoms with van der Waals surface area (Å²) in [6.07, 6.45) is 3.64. The Labute approximate surface area is 179 Å². The van der Waals surface area contributed by atoms with Gasteiger partial charge in [0.15, 0.2) is 0 Å². The molecule has 1 atom stereocenters. The zero-order valence-corrected chi connectivity index (χ0v) is 17.6. The van der Waals surface area contributed by atoms with E-state index in [9.17, 15) is 9.59 Å². The molecule has 0 aromatic heterocycles. The van der Waals surface area contributed by atoms with E-state index in [1.54, 1.807) is 4.90 Å². The van der Waals surface area contributed by atoms with Gasteiger partial charge in [0.1, 0.15) is 0 Å². The van der Waals surface area contributed by atoms with Crippen LogP contribution >= 0.6 is 0 Å². The summed E-state index contributed by atoms with van der Waals surface area (Å²) >= 11 is 0. The van der Waals surface area contributed by atoms with Crippen LogP contribution < -0.4 is 16.8 Å². The number of aryl methyl sites for hydroxylation is 1. The molecule has 2 amide bonds. The predicted molar refractivity (Wildman–Crippen MR) is 121 cm³/mol. The minimum atomic E-state index is -0.629. The van der Waals surface area contributed by atoms with Gasteiger partial charge in [0.2, 0.25) is 11.8 Å². The molecule has 2 aromatic rings. The summed E-state index contributed by atoms with van der Waals surface area (Å²) in [5.41, 5.74) is 14.0. The van der Waals surface area contributed by atoms with E-state index >= 15 is 0 Å². The van der Waals surface area contributed by atoms with Crippen LogP contribution in [0.3, 0.4) is 0 Å². The van der Waals surface area contributed by atoms with Crippen molar-refractivity contribution in [1.29, 1.82) is 0 Å². The van der Waals surface area contributed by atoms with Crippen LogP contribution in [0, 0.1) is 0 Å². The van der Waals surface area contributed by atoms with Crippen molar-refractivity contribution in [2.75, 3.05) is 26.2 Å². The summed E-state index contributed by atoms with van der Waals surface area (Å²) in [4.78, 5) is 26.8. The van der Waals surface area contributed by atoms with Crippen molar-refractivity contribution in [2.45, 2.75) is 38.1 Å². The summed E-state index contributed by atoms with van der Waals surface area (Å²) in [5, 5.41) is 2.92. The van der Waals surface area contributed by atoms with Gasteiger partial charge < -0.3 is 21.7 Å². The minimum Gasteiger partial charge on any atom is -0.355 e. The number of rotatable bonds is 13. The molecule has 6 heteroatoms. The monoisotopic (exact) mass is 410 g/mol. The van der Waals surface area contributed by atoms with Crippen molar-refractivity contribution in [2.24, 2.45) is 11.5 Å². The molecule has 5 N–H and O–H groups in total. The number of nitrogens with zero attached hydrogens (tertiary/aromatic N) is 1. The van der Waals surface area contributed by atoms with Gasteiger partial charge in [-0.05, 0) is 49.8 Å². The molecule has 30 heavy (non-hydrogen) atoms. The van der Waals surface area contributed by atoms with Crippen LogP contribution in [0.5, 0.6) is 0 Å². The van der Waals surface area contributed by atoms with E-state index in [1.807, 2.05) is 48.5 Å². The normalized spacial score (nSPS) is 11.7. The molecule has 0 saturated carbocycles. The molecule has 2 rings (SSSR count). The van der Waals surface area contributed by atoms with Gasteiger partial charge in [-0.2, -0.15) is 0 Å². The molecule has 162 valence electrons. The van der Waals surface area contributed by atoms with Crippen molar-refractivity contribution in [1.82, 2.24) is 10.2 Å². The molecule has 0 aliphatic heterocycles. The number of carbonyl (C=O) groups is 2. The Hall–Kier alpha value is -2.70. The van der Waals surface area contributed by atoms with Crippen molar-refractivity contribution in [3.05, 3.63) is 71.8 Å². The first-order valence-electron chi connectivity index (χ1n) is 10.7. The highest BCUT2D eigenvalue weighted by molar-refractivity contribution is 5.87. The predicted octanol–water partition coefficient (Wildman–Crippen LogP) is 1.87. The quantitative estimate of drug-likeness (QED) is 0.439. The Kier molecular flexibility index (Phi) is 10.6. The number of nitrogens with two attached hydrogens (primary N) is 2. The van der Waals surface area contributed by atoms with Crippen LogP contribution in [-0.2, 0) is 22.4 Å². The van der Waals surface area contributed by atoms with Crippen LogP contribution in [-0.4, -0.2) is 48.9 Å². The molecule has 0 radical (unpaired) electrons. The number of hydrogen-bond acceptors (Lipinski definition) is 4. The second-order valence-electron chi connectivity index (χ2n) is 7.47. The zero-order valence-electron chi connectivity index (χ0n) is 17.6. The van der Waals surface area contributed by atoms with Gasteiger partial charge in [0, 0.05) is 13.1 Å². The fourth-order valence-corrected chi connectivity index (χ4v) is 3.27. The van der Waals surface area contributed by atoms with Gasteiger partial charge >= 0.3 is 0 Å². The number of hydrogen-bond donors (Lipinski definition) is 3. The first kappa shape index (κ1) is 23.6. The third-order valence-corrected chi connectivity index (χ3v) is 5.00. The topological polar surface area (TPSA) is 101 Å².